The summed E-state index contributed by atoms with van der Waals surface area (Å²) in [5.74, 6) is -0.000534. The number of nitrogens with one attached hydrogen (secondary N) is 1. The molecule has 1 heterocycles. The van der Waals surface area contributed by atoms with Gasteiger partial charge in [0.25, 0.3) is 0 Å². The molecule has 0 saturated heterocycles. The highest BCUT2D eigenvalue weighted by molar-refractivity contribution is 5.79. The molecule has 0 aromatic heterocycles. The van der Waals surface area contributed by atoms with Crippen molar-refractivity contribution in [3.63, 3.8) is 0 Å². The van der Waals surface area contributed by atoms with E-state index in [2.05, 4.69) is 17.4 Å². The highest BCUT2D eigenvalue weighted by Crippen LogP contribution is 2.44. The zero-order valence-electron chi connectivity index (χ0n) is 17.1. The van der Waals surface area contributed by atoms with E-state index < -0.39 is 18.1 Å². The van der Waals surface area contributed by atoms with Crippen LogP contribution in [0.2, 0.25) is 0 Å². The van der Waals surface area contributed by atoms with E-state index in [9.17, 15) is 14.7 Å². The van der Waals surface area contributed by atoms with Gasteiger partial charge in [-0.15, -0.1) is 0 Å². The van der Waals surface area contributed by atoms with Crippen molar-refractivity contribution in [3.8, 4) is 22.6 Å². The van der Waals surface area contributed by atoms with Gasteiger partial charge in [-0.25, -0.2) is 4.79 Å². The van der Waals surface area contributed by atoms with Crippen molar-refractivity contribution in [3.05, 3.63) is 83.4 Å². The smallest absolute Gasteiger partial charge is 0.407 e. The molecule has 1 atom stereocenters. The predicted octanol–water partition coefficient (Wildman–Crippen LogP) is 4.47. The van der Waals surface area contributed by atoms with Gasteiger partial charge in [-0.3, -0.25) is 4.79 Å². The molecule has 0 unspecified atom stereocenters. The maximum Gasteiger partial charge on any atom is 0.407 e. The number of ether oxygens (including phenoxy) is 3. The molecular formula is C25H21NO6. The number of amides is 1. The van der Waals surface area contributed by atoms with Gasteiger partial charge < -0.3 is 24.6 Å². The number of carbonyl (C=O) groups excluding carboxylic acids is 1. The Hall–Kier alpha value is -4.00. The van der Waals surface area contributed by atoms with E-state index in [-0.39, 0.29) is 25.7 Å². The van der Waals surface area contributed by atoms with Gasteiger partial charge in [0.05, 0.1) is 12.5 Å². The Morgan fingerprint density at radius 1 is 0.969 bits per heavy atom. The van der Waals surface area contributed by atoms with Gasteiger partial charge in [0.1, 0.15) is 6.61 Å². The molecule has 3 aromatic carbocycles. The second kappa shape index (κ2) is 8.26. The van der Waals surface area contributed by atoms with Crippen molar-refractivity contribution >= 4 is 12.1 Å². The topological polar surface area (TPSA) is 94.1 Å². The lowest BCUT2D eigenvalue weighted by molar-refractivity contribution is -0.137. The van der Waals surface area contributed by atoms with Crippen LogP contribution in [0.4, 0.5) is 4.79 Å². The molecule has 2 N–H and O–H groups in total. The second-order valence-corrected chi connectivity index (χ2v) is 7.73. The third-order valence-corrected chi connectivity index (χ3v) is 5.81. The summed E-state index contributed by atoms with van der Waals surface area (Å²) in [7, 11) is 0. The van der Waals surface area contributed by atoms with E-state index in [1.165, 1.54) is 0 Å². The maximum absolute atomic E-state index is 12.6. The monoisotopic (exact) mass is 431 g/mol. The third kappa shape index (κ3) is 3.73. The molecule has 2 aliphatic rings. The second-order valence-electron chi connectivity index (χ2n) is 7.73. The van der Waals surface area contributed by atoms with Gasteiger partial charge in [-0.05, 0) is 39.9 Å². The van der Waals surface area contributed by atoms with Crippen molar-refractivity contribution in [2.24, 2.45) is 0 Å². The molecule has 5 rings (SSSR count). The zero-order valence-corrected chi connectivity index (χ0v) is 17.1. The number of aliphatic carboxylic acids is 1. The van der Waals surface area contributed by atoms with E-state index in [0.29, 0.717) is 17.1 Å². The van der Waals surface area contributed by atoms with Gasteiger partial charge >= 0.3 is 12.1 Å². The average Bonchev–Trinajstić information content (AvgIpc) is 3.39. The highest BCUT2D eigenvalue weighted by Gasteiger charge is 2.29. The largest absolute Gasteiger partial charge is 0.481 e. The molecule has 0 spiro atoms. The Morgan fingerprint density at radius 2 is 1.62 bits per heavy atom. The SMILES string of the molecule is O=C(O)C[C@@H](NC(=O)OCC1c2ccccc2-c2ccccc21)c1ccc2c(c1)OCO2. The summed E-state index contributed by atoms with van der Waals surface area (Å²) in [4.78, 5) is 24.0. The lowest BCUT2D eigenvalue weighted by Gasteiger charge is -2.19. The van der Waals surface area contributed by atoms with Gasteiger partial charge in [-0.2, -0.15) is 0 Å². The minimum Gasteiger partial charge on any atom is -0.481 e. The first-order valence-electron chi connectivity index (χ1n) is 10.3. The van der Waals surface area contributed by atoms with Crippen LogP contribution in [0.25, 0.3) is 11.1 Å². The molecule has 3 aromatic rings. The summed E-state index contributed by atoms with van der Waals surface area (Å²) < 4.78 is 16.2. The van der Waals surface area contributed by atoms with E-state index in [4.69, 9.17) is 14.2 Å². The Labute approximate surface area is 184 Å². The van der Waals surface area contributed by atoms with Crippen LogP contribution >= 0.6 is 0 Å². The molecule has 0 fully saturated rings. The summed E-state index contributed by atoms with van der Waals surface area (Å²) in [6, 6.07) is 20.5. The Balaban J connectivity index is 1.31. The van der Waals surface area contributed by atoms with Crippen LogP contribution < -0.4 is 14.8 Å². The molecule has 162 valence electrons. The summed E-state index contributed by atoms with van der Waals surface area (Å²) in [5, 5.41) is 12.0. The Kier molecular flexibility index (Phi) is 5.15. The average molecular weight is 431 g/mol. The van der Waals surface area contributed by atoms with Crippen LogP contribution in [-0.2, 0) is 9.53 Å². The first-order chi connectivity index (χ1) is 15.6. The molecule has 1 aliphatic carbocycles. The lowest BCUT2D eigenvalue weighted by atomic mass is 9.98. The van der Waals surface area contributed by atoms with Gasteiger partial charge in [0.15, 0.2) is 11.5 Å². The summed E-state index contributed by atoms with van der Waals surface area (Å²) in [5.41, 5.74) is 5.10. The molecule has 0 saturated carbocycles. The fourth-order valence-corrected chi connectivity index (χ4v) is 4.34. The summed E-state index contributed by atoms with van der Waals surface area (Å²) >= 11 is 0. The van der Waals surface area contributed by atoms with E-state index >= 15 is 0 Å². The van der Waals surface area contributed by atoms with Crippen LogP contribution in [-0.4, -0.2) is 30.6 Å². The lowest BCUT2D eigenvalue weighted by Crippen LogP contribution is -2.31. The molecule has 1 aliphatic heterocycles. The summed E-state index contributed by atoms with van der Waals surface area (Å²) in [6.45, 7) is 0.267. The number of hydrogen-bond donors (Lipinski definition) is 2. The minimum atomic E-state index is -1.04. The van der Waals surface area contributed by atoms with Crippen molar-refractivity contribution in [2.45, 2.75) is 18.4 Å². The first-order valence-corrected chi connectivity index (χ1v) is 10.3. The number of hydrogen-bond acceptors (Lipinski definition) is 5. The number of fused-ring (bicyclic) bond motifs is 4. The van der Waals surface area contributed by atoms with Gasteiger partial charge in [0, 0.05) is 5.92 Å². The van der Waals surface area contributed by atoms with Crippen LogP contribution in [0.3, 0.4) is 0 Å². The maximum atomic E-state index is 12.6. The molecule has 0 bridgehead atoms. The molecule has 0 radical (unpaired) electrons. The van der Waals surface area contributed by atoms with E-state index in [1.54, 1.807) is 18.2 Å². The van der Waals surface area contributed by atoms with Crippen LogP contribution in [0.1, 0.15) is 35.1 Å². The third-order valence-electron chi connectivity index (χ3n) is 5.81. The summed E-state index contributed by atoms with van der Waals surface area (Å²) in [6.07, 6.45) is -0.958. The molecule has 1 amide bonds. The number of carboxylic acid groups (broad SMARTS) is 1. The van der Waals surface area contributed by atoms with Crippen LogP contribution in [0, 0.1) is 0 Å². The van der Waals surface area contributed by atoms with Gasteiger partial charge in [-0.1, -0.05) is 54.6 Å². The van der Waals surface area contributed by atoms with Crippen LogP contribution in [0.15, 0.2) is 66.7 Å². The van der Waals surface area contributed by atoms with Gasteiger partial charge in [0.2, 0.25) is 6.79 Å². The molecule has 7 heteroatoms. The van der Waals surface area contributed by atoms with Crippen LogP contribution in [0.5, 0.6) is 11.5 Å². The quantitative estimate of drug-likeness (QED) is 0.598. The standard InChI is InChI=1S/C25H21NO6/c27-24(28)12-21(15-9-10-22-23(11-15)32-14-31-22)26-25(29)30-13-20-18-7-3-1-5-16(18)17-6-2-4-8-19(17)20/h1-11,20-21H,12-14H2,(H,26,29)(H,27,28)/t21-/m1/s1. The number of carboxylic acids is 1. The molecular weight excluding hydrogens is 410 g/mol. The minimum absolute atomic E-state index is 0.0726. The number of carbonyl (C=O) groups is 2. The zero-order chi connectivity index (χ0) is 22.1. The highest BCUT2D eigenvalue weighted by atomic mass is 16.7. The number of rotatable bonds is 6. The van der Waals surface area contributed by atoms with E-state index in [0.717, 1.165) is 22.3 Å². The van der Waals surface area contributed by atoms with E-state index in [1.807, 2.05) is 36.4 Å². The first kappa shape index (κ1) is 19.9. The fraction of sp³-hybridized carbons (Fsp3) is 0.200. The normalized spacial score (nSPS) is 14.4. The van der Waals surface area contributed by atoms with Crippen molar-refractivity contribution in [1.29, 1.82) is 0 Å². The molecule has 32 heavy (non-hydrogen) atoms. The fourth-order valence-electron chi connectivity index (χ4n) is 4.34. The van der Waals surface area contributed by atoms with Crippen molar-refractivity contribution < 1.29 is 28.9 Å². The Bertz CT molecular complexity index is 1150. The number of alkyl carbamates (subject to hydrolysis) is 1. The predicted molar refractivity (Wildman–Crippen MR) is 116 cm³/mol. The number of benzene rings is 3. The van der Waals surface area contributed by atoms with Crippen molar-refractivity contribution in [2.75, 3.05) is 13.4 Å². The Morgan fingerprint density at radius 3 is 2.31 bits per heavy atom. The molecule has 7 nitrogen and oxygen atoms in total. The van der Waals surface area contributed by atoms with Crippen molar-refractivity contribution in [1.82, 2.24) is 5.32 Å².